The van der Waals surface area contributed by atoms with Crippen LogP contribution in [0.25, 0.3) is 5.57 Å². The van der Waals surface area contributed by atoms with Gasteiger partial charge in [0, 0.05) is 23.8 Å². The molecule has 0 amide bonds. The molecule has 0 saturated heterocycles. The normalized spacial score (nSPS) is 16.5. The summed E-state index contributed by atoms with van der Waals surface area (Å²) in [7, 11) is 5.59. The van der Waals surface area contributed by atoms with E-state index in [4.69, 9.17) is 15.2 Å². The predicted molar refractivity (Wildman–Crippen MR) is 133 cm³/mol. The highest BCUT2D eigenvalue weighted by Gasteiger charge is 2.40. The number of ether oxygens (including phenoxy) is 2. The quantitative estimate of drug-likeness (QED) is 0.453. The van der Waals surface area contributed by atoms with Gasteiger partial charge in [0.25, 0.3) is 0 Å². The summed E-state index contributed by atoms with van der Waals surface area (Å²) in [5.41, 5.74) is 14.2. The molecule has 1 aliphatic carbocycles. The van der Waals surface area contributed by atoms with Gasteiger partial charge in [0.1, 0.15) is 33.7 Å². The van der Waals surface area contributed by atoms with E-state index >= 15 is 0 Å². The summed E-state index contributed by atoms with van der Waals surface area (Å²) >= 11 is 0. The molecule has 4 nitrogen and oxygen atoms in total. The lowest BCUT2D eigenvalue weighted by molar-refractivity contribution is -0.462. The smallest absolute Gasteiger partial charge is 0.199 e. The largest absolute Gasteiger partial charge is 0.496 e. The number of nitrogens with two attached hydrogens (primary N) is 1. The van der Waals surface area contributed by atoms with Crippen molar-refractivity contribution in [1.29, 1.82) is 0 Å². The molecule has 2 aromatic rings. The Morgan fingerprint density at radius 1 is 0.903 bits per heavy atom. The fourth-order valence-corrected chi connectivity index (χ4v) is 7.79. The molecule has 0 atom stereocenters. The van der Waals surface area contributed by atoms with E-state index in [1.165, 1.54) is 38.4 Å². The van der Waals surface area contributed by atoms with Crippen molar-refractivity contribution in [3.05, 3.63) is 76.0 Å². The molecule has 0 fully saturated rings. The maximum Gasteiger partial charge on any atom is 0.199 e. The second-order valence-electron chi connectivity index (χ2n) is 8.97. The van der Waals surface area contributed by atoms with Crippen LogP contribution in [0.1, 0.15) is 16.7 Å². The Morgan fingerprint density at radius 2 is 1.61 bits per heavy atom. The molecule has 2 N–H and O–H groups in total. The molecule has 5 heteroatoms. The zero-order valence-electron chi connectivity index (χ0n) is 19.5. The average molecular weight is 432 g/mol. The molecule has 1 aliphatic heterocycles. The lowest BCUT2D eigenvalue weighted by atomic mass is 9.88. The molecule has 1 heterocycles. The monoisotopic (exact) mass is 431 g/mol. The maximum atomic E-state index is 6.35. The first-order valence-electron chi connectivity index (χ1n) is 10.5. The van der Waals surface area contributed by atoms with Crippen molar-refractivity contribution in [2.24, 2.45) is 0 Å². The minimum atomic E-state index is -1.92. The number of rotatable bonds is 3. The molecule has 2 aliphatic rings. The molecular weight excluding hydrogens is 400 g/mol. The molecule has 0 aromatic heterocycles. The molecule has 0 bridgehead atoms. The Bertz CT molecular complexity index is 1210. The van der Waals surface area contributed by atoms with Crippen molar-refractivity contribution in [1.82, 2.24) is 0 Å². The molecule has 0 unspecified atom stereocenters. The summed E-state index contributed by atoms with van der Waals surface area (Å²) in [5.74, 6) is 1.38. The Kier molecular flexibility index (Phi) is 5.18. The highest BCUT2D eigenvalue weighted by atomic mass is 28.3. The fraction of sp³-hybridized carbons (Fsp3) is 0.269. The zero-order valence-corrected chi connectivity index (χ0v) is 20.5. The van der Waals surface area contributed by atoms with Crippen LogP contribution in [0.5, 0.6) is 11.5 Å². The van der Waals surface area contributed by atoms with E-state index in [9.17, 15) is 0 Å². The Balaban J connectivity index is 2.13. The molecule has 0 spiro atoms. The van der Waals surface area contributed by atoms with Crippen molar-refractivity contribution in [2.45, 2.75) is 20.0 Å². The van der Waals surface area contributed by atoms with Gasteiger partial charge in [-0.15, -0.1) is 0 Å². The standard InChI is InChI=1S/C26H31N2O2Si/c1-16-8-10-18-24(12-16)31(6,7)25-13-17(28(2)3)9-11-19(25)26(18)20-14-21(27)23(30-5)15-22(20)29-4/h8-15H,27H2,1-7H3/q+1. The van der Waals surface area contributed by atoms with Crippen LogP contribution in [0, 0.1) is 6.92 Å². The summed E-state index contributed by atoms with van der Waals surface area (Å²) in [6.45, 7) is 7.06. The molecule has 0 radical (unpaired) electrons. The summed E-state index contributed by atoms with van der Waals surface area (Å²) in [6, 6.07) is 10.7. The van der Waals surface area contributed by atoms with Crippen LogP contribution < -0.4 is 20.4 Å². The van der Waals surface area contributed by atoms with Gasteiger partial charge in [-0.3, -0.25) is 0 Å². The minimum Gasteiger partial charge on any atom is -0.496 e. The SMILES string of the molecule is COc1cc(OC)c(C2=C3C=CC(=[N+](C)C)C=C3[Si](C)(C)c3cc(C)ccc32)cc1N. The van der Waals surface area contributed by atoms with Crippen molar-refractivity contribution in [3.63, 3.8) is 0 Å². The Hall–Kier alpha value is -3.05. The van der Waals surface area contributed by atoms with Gasteiger partial charge in [-0.1, -0.05) is 36.9 Å². The predicted octanol–water partition coefficient (Wildman–Crippen LogP) is 4.07. The summed E-state index contributed by atoms with van der Waals surface area (Å²) in [4.78, 5) is 0. The van der Waals surface area contributed by atoms with E-state index in [1.54, 1.807) is 14.2 Å². The van der Waals surface area contributed by atoms with Crippen LogP contribution in [0.15, 0.2) is 59.3 Å². The van der Waals surface area contributed by atoms with Crippen LogP contribution in [-0.2, 0) is 0 Å². The van der Waals surface area contributed by atoms with Gasteiger partial charge >= 0.3 is 0 Å². The first kappa shape index (κ1) is 21.2. The van der Waals surface area contributed by atoms with E-state index in [-0.39, 0.29) is 0 Å². The van der Waals surface area contributed by atoms with Gasteiger partial charge in [0.15, 0.2) is 5.71 Å². The van der Waals surface area contributed by atoms with Crippen molar-refractivity contribution >= 4 is 30.2 Å². The number of fused-ring (bicyclic) bond motifs is 2. The van der Waals surface area contributed by atoms with Gasteiger partial charge in [-0.05, 0) is 46.2 Å². The maximum absolute atomic E-state index is 6.35. The number of benzene rings is 2. The number of nitrogen functional groups attached to an aromatic ring is 1. The van der Waals surface area contributed by atoms with E-state index in [0.717, 1.165) is 11.3 Å². The highest BCUT2D eigenvalue weighted by Crippen LogP contribution is 2.45. The second kappa shape index (κ2) is 7.57. The summed E-state index contributed by atoms with van der Waals surface area (Å²) in [6.07, 6.45) is 6.82. The Morgan fingerprint density at radius 3 is 2.26 bits per heavy atom. The first-order chi connectivity index (χ1) is 14.7. The molecule has 0 saturated carbocycles. The van der Waals surface area contributed by atoms with E-state index in [2.05, 4.69) is 75.1 Å². The van der Waals surface area contributed by atoms with Crippen LogP contribution in [-0.4, -0.2) is 46.7 Å². The summed E-state index contributed by atoms with van der Waals surface area (Å²) in [5, 5.41) is 2.88. The molecule has 160 valence electrons. The number of nitrogens with zero attached hydrogens (tertiary/aromatic N) is 1. The van der Waals surface area contributed by atoms with Gasteiger partial charge in [-0.2, -0.15) is 0 Å². The van der Waals surface area contributed by atoms with Gasteiger partial charge in [0.05, 0.1) is 19.9 Å². The number of anilines is 1. The van der Waals surface area contributed by atoms with Crippen LogP contribution in [0.4, 0.5) is 5.69 Å². The molecular formula is C26H31N2O2Si+. The van der Waals surface area contributed by atoms with Gasteiger partial charge in [-0.25, -0.2) is 4.58 Å². The number of aryl methyl sites for hydroxylation is 1. The van der Waals surface area contributed by atoms with Crippen molar-refractivity contribution in [3.8, 4) is 11.5 Å². The van der Waals surface area contributed by atoms with Gasteiger partial charge in [0.2, 0.25) is 0 Å². The number of hydrogen-bond acceptors (Lipinski definition) is 3. The number of hydrogen-bond donors (Lipinski definition) is 1. The molecule has 4 rings (SSSR count). The lowest BCUT2D eigenvalue weighted by Gasteiger charge is -2.38. The molecule has 2 aromatic carbocycles. The third kappa shape index (κ3) is 3.33. The number of methoxy groups -OCH3 is 2. The Labute approximate surface area is 186 Å². The zero-order chi connectivity index (χ0) is 22.5. The van der Waals surface area contributed by atoms with Crippen molar-refractivity contribution < 1.29 is 14.0 Å². The third-order valence-corrected chi connectivity index (χ3v) is 9.92. The lowest BCUT2D eigenvalue weighted by Crippen LogP contribution is -2.49. The van der Waals surface area contributed by atoms with E-state index < -0.39 is 8.07 Å². The van der Waals surface area contributed by atoms with Crippen molar-refractivity contribution in [2.75, 3.05) is 34.0 Å². The molecule has 31 heavy (non-hydrogen) atoms. The fourth-order valence-electron chi connectivity index (χ4n) is 4.64. The second-order valence-corrected chi connectivity index (χ2v) is 13.3. The van der Waals surface area contributed by atoms with Gasteiger partial charge < -0.3 is 15.2 Å². The van der Waals surface area contributed by atoms with Crippen LogP contribution in [0.3, 0.4) is 0 Å². The van der Waals surface area contributed by atoms with E-state index in [1.807, 2.05) is 12.1 Å². The minimum absolute atomic E-state index is 0.605. The van der Waals surface area contributed by atoms with E-state index in [0.29, 0.717) is 11.4 Å². The first-order valence-corrected chi connectivity index (χ1v) is 13.5. The number of allylic oxidation sites excluding steroid dienone is 5. The average Bonchev–Trinajstić information content (AvgIpc) is 2.74. The third-order valence-electron chi connectivity index (χ3n) is 6.40. The van der Waals surface area contributed by atoms with Crippen LogP contribution >= 0.6 is 0 Å². The topological polar surface area (TPSA) is 47.5 Å². The summed E-state index contributed by atoms with van der Waals surface area (Å²) < 4.78 is 13.4. The van der Waals surface area contributed by atoms with Crippen LogP contribution in [0.2, 0.25) is 13.1 Å². The highest BCUT2D eigenvalue weighted by molar-refractivity contribution is 6.98.